The second kappa shape index (κ2) is 5.11. The Morgan fingerprint density at radius 1 is 1.17 bits per heavy atom. The smallest absolute Gasteiger partial charge is 0.416 e. The molecule has 1 aromatic carbocycles. The highest BCUT2D eigenvalue weighted by molar-refractivity contribution is 7.15. The number of nitrogens with zero attached hydrogens (tertiary/aromatic N) is 2. The van der Waals surface area contributed by atoms with E-state index in [0.717, 1.165) is 23.5 Å². The molecule has 0 saturated carbocycles. The summed E-state index contributed by atoms with van der Waals surface area (Å²) in [6.07, 6.45) is -4.34. The molecule has 0 unspecified atom stereocenters. The first-order valence-electron chi connectivity index (χ1n) is 4.73. The van der Waals surface area contributed by atoms with Gasteiger partial charge in [-0.15, -0.1) is 10.2 Å². The summed E-state index contributed by atoms with van der Waals surface area (Å²) in [5.74, 6) is 0.328. The Morgan fingerprint density at radius 3 is 2.33 bits per heavy atom. The highest BCUT2D eigenvalue weighted by atomic mass is 35.5. The molecule has 0 amide bonds. The van der Waals surface area contributed by atoms with Crippen LogP contribution in [0.25, 0.3) is 0 Å². The Kier molecular flexibility index (Phi) is 3.72. The maximum absolute atomic E-state index is 12.3. The third-order valence-corrected chi connectivity index (χ3v) is 2.98. The summed E-state index contributed by atoms with van der Waals surface area (Å²) in [7, 11) is 0. The summed E-state index contributed by atoms with van der Waals surface area (Å²) in [6.45, 7) is 0.121. The van der Waals surface area contributed by atoms with Crippen LogP contribution in [0, 0.1) is 0 Å². The summed E-state index contributed by atoms with van der Waals surface area (Å²) >= 11 is 6.73. The van der Waals surface area contributed by atoms with Gasteiger partial charge < -0.3 is 4.74 Å². The van der Waals surface area contributed by atoms with Crippen LogP contribution in [-0.4, -0.2) is 10.2 Å². The first-order valence-corrected chi connectivity index (χ1v) is 5.92. The lowest BCUT2D eigenvalue weighted by molar-refractivity contribution is -0.137. The molecule has 0 aliphatic rings. The molecule has 0 atom stereocenters. The Balaban J connectivity index is 1.98. The molecule has 0 spiro atoms. The molecule has 1 heterocycles. The fourth-order valence-corrected chi connectivity index (χ4v) is 1.96. The predicted octanol–water partition coefficient (Wildman–Crippen LogP) is 3.79. The molecular formula is C10H6ClF3N2OS. The molecule has 3 nitrogen and oxygen atoms in total. The molecular weight excluding hydrogens is 289 g/mol. The highest BCUT2D eigenvalue weighted by Crippen LogP contribution is 2.30. The van der Waals surface area contributed by atoms with Crippen molar-refractivity contribution in [3.63, 3.8) is 0 Å². The van der Waals surface area contributed by atoms with Crippen LogP contribution < -0.4 is 4.74 Å². The quantitative estimate of drug-likeness (QED) is 0.864. The fourth-order valence-electron chi connectivity index (χ4n) is 1.18. The number of alkyl halides is 3. The number of rotatable bonds is 3. The monoisotopic (exact) mass is 294 g/mol. The number of hydrogen-bond donors (Lipinski definition) is 0. The van der Waals surface area contributed by atoms with E-state index < -0.39 is 11.7 Å². The molecule has 0 aliphatic heterocycles. The van der Waals surface area contributed by atoms with Gasteiger partial charge in [-0.1, -0.05) is 11.3 Å². The summed E-state index contributed by atoms with van der Waals surface area (Å²) in [5, 5.41) is 7.86. The molecule has 0 aliphatic carbocycles. The van der Waals surface area contributed by atoms with Crippen LogP contribution in [-0.2, 0) is 12.8 Å². The zero-order chi connectivity index (χ0) is 13.2. The zero-order valence-corrected chi connectivity index (χ0v) is 10.3. The van der Waals surface area contributed by atoms with E-state index in [-0.39, 0.29) is 6.61 Å². The van der Waals surface area contributed by atoms with Gasteiger partial charge in [0.1, 0.15) is 12.4 Å². The predicted molar refractivity (Wildman–Crippen MR) is 60.7 cm³/mol. The van der Waals surface area contributed by atoms with Gasteiger partial charge >= 0.3 is 6.18 Å². The van der Waals surface area contributed by atoms with Gasteiger partial charge in [-0.3, -0.25) is 0 Å². The van der Waals surface area contributed by atoms with Gasteiger partial charge in [0.05, 0.1) is 5.56 Å². The number of hydrogen-bond acceptors (Lipinski definition) is 4. The summed E-state index contributed by atoms with van der Waals surface area (Å²) < 4.78 is 42.5. The molecule has 0 radical (unpaired) electrons. The van der Waals surface area contributed by atoms with Crippen molar-refractivity contribution in [2.45, 2.75) is 12.8 Å². The van der Waals surface area contributed by atoms with E-state index in [1.54, 1.807) is 0 Å². The molecule has 0 saturated heterocycles. The van der Waals surface area contributed by atoms with Gasteiger partial charge in [0.2, 0.25) is 4.47 Å². The van der Waals surface area contributed by atoms with Gasteiger partial charge in [0.25, 0.3) is 0 Å². The average Bonchev–Trinajstić information content (AvgIpc) is 2.72. The minimum atomic E-state index is -4.34. The molecule has 96 valence electrons. The Bertz CT molecular complexity index is 527. The van der Waals surface area contributed by atoms with E-state index >= 15 is 0 Å². The topological polar surface area (TPSA) is 35.0 Å². The van der Waals surface area contributed by atoms with Crippen LogP contribution in [0.2, 0.25) is 4.47 Å². The first-order chi connectivity index (χ1) is 8.45. The minimum Gasteiger partial charge on any atom is -0.486 e. The van der Waals surface area contributed by atoms with Crippen molar-refractivity contribution in [3.05, 3.63) is 39.3 Å². The summed E-state index contributed by atoms with van der Waals surface area (Å²) in [4.78, 5) is 0. The van der Waals surface area contributed by atoms with Crippen molar-refractivity contribution in [3.8, 4) is 5.75 Å². The lowest BCUT2D eigenvalue weighted by atomic mass is 10.2. The Hall–Kier alpha value is -1.34. The molecule has 0 fully saturated rings. The maximum atomic E-state index is 12.3. The third kappa shape index (κ3) is 3.33. The van der Waals surface area contributed by atoms with E-state index in [1.165, 1.54) is 12.1 Å². The van der Waals surface area contributed by atoms with Crippen LogP contribution in [0.5, 0.6) is 5.75 Å². The molecule has 0 N–H and O–H groups in total. The van der Waals surface area contributed by atoms with Crippen molar-refractivity contribution in [1.29, 1.82) is 0 Å². The zero-order valence-electron chi connectivity index (χ0n) is 8.74. The summed E-state index contributed by atoms with van der Waals surface area (Å²) in [6, 6.07) is 4.43. The molecule has 1 aromatic heterocycles. The molecule has 18 heavy (non-hydrogen) atoms. The fraction of sp³-hybridized carbons (Fsp3) is 0.200. The number of ether oxygens (including phenoxy) is 1. The van der Waals surface area contributed by atoms with E-state index in [2.05, 4.69) is 10.2 Å². The van der Waals surface area contributed by atoms with Crippen molar-refractivity contribution < 1.29 is 17.9 Å². The van der Waals surface area contributed by atoms with E-state index in [1.807, 2.05) is 0 Å². The number of benzene rings is 1. The van der Waals surface area contributed by atoms with Crippen LogP contribution >= 0.6 is 22.9 Å². The molecule has 2 rings (SSSR count). The second-order valence-corrected chi connectivity index (χ2v) is 4.90. The highest BCUT2D eigenvalue weighted by Gasteiger charge is 2.29. The number of halogens is 4. The van der Waals surface area contributed by atoms with E-state index in [4.69, 9.17) is 16.3 Å². The van der Waals surface area contributed by atoms with Gasteiger partial charge in [-0.25, -0.2) is 0 Å². The number of aromatic nitrogens is 2. The van der Waals surface area contributed by atoms with Crippen molar-refractivity contribution in [1.82, 2.24) is 10.2 Å². The van der Waals surface area contributed by atoms with Crippen LogP contribution in [0.4, 0.5) is 13.2 Å². The van der Waals surface area contributed by atoms with E-state index in [9.17, 15) is 13.2 Å². The second-order valence-electron chi connectivity index (χ2n) is 3.26. The third-order valence-electron chi connectivity index (χ3n) is 1.99. The normalized spacial score (nSPS) is 11.6. The van der Waals surface area contributed by atoms with Crippen LogP contribution in [0.3, 0.4) is 0 Å². The van der Waals surface area contributed by atoms with Crippen molar-refractivity contribution >= 4 is 22.9 Å². The molecule has 0 bridgehead atoms. The van der Waals surface area contributed by atoms with Crippen LogP contribution in [0.1, 0.15) is 10.6 Å². The standard InChI is InChI=1S/C10H6ClF3N2OS/c11-9-16-15-8(18-9)5-17-7-3-1-6(2-4-7)10(12,13)14/h1-4H,5H2. The van der Waals surface area contributed by atoms with E-state index in [0.29, 0.717) is 15.2 Å². The maximum Gasteiger partial charge on any atom is 0.416 e. The lowest BCUT2D eigenvalue weighted by Crippen LogP contribution is -2.04. The minimum absolute atomic E-state index is 0.121. The van der Waals surface area contributed by atoms with Crippen molar-refractivity contribution in [2.24, 2.45) is 0 Å². The van der Waals surface area contributed by atoms with Gasteiger partial charge in [0, 0.05) is 0 Å². The first kappa shape index (κ1) is 13.1. The van der Waals surface area contributed by atoms with Gasteiger partial charge in [0.15, 0.2) is 5.01 Å². The van der Waals surface area contributed by atoms with Crippen molar-refractivity contribution in [2.75, 3.05) is 0 Å². The molecule has 2 aromatic rings. The van der Waals surface area contributed by atoms with Gasteiger partial charge in [-0.2, -0.15) is 13.2 Å². The SMILES string of the molecule is FC(F)(F)c1ccc(OCc2nnc(Cl)s2)cc1. The van der Waals surface area contributed by atoms with Crippen LogP contribution in [0.15, 0.2) is 24.3 Å². The molecule has 8 heteroatoms. The van der Waals surface area contributed by atoms with Gasteiger partial charge in [-0.05, 0) is 35.9 Å². The Labute approximate surface area is 109 Å². The Morgan fingerprint density at radius 2 is 1.83 bits per heavy atom. The lowest BCUT2D eigenvalue weighted by Gasteiger charge is -2.08. The average molecular weight is 295 g/mol. The largest absolute Gasteiger partial charge is 0.486 e. The summed E-state index contributed by atoms with van der Waals surface area (Å²) in [5.41, 5.74) is -0.714.